The molecule has 18 heavy (non-hydrogen) atoms. The van der Waals surface area contributed by atoms with E-state index in [1.165, 1.54) is 0 Å². The average molecular weight is 423 g/mol. The zero-order valence-corrected chi connectivity index (χ0v) is 11.2. The first kappa shape index (κ1) is 30.1. The number of nitrogens with zero attached hydrogens (tertiary/aromatic N) is 3. The molecule has 0 spiro atoms. The minimum Gasteiger partial charge on any atom is -0.382 e. The molecule has 0 saturated heterocycles. The Labute approximate surface area is 131 Å². The molecule has 111 valence electrons. The van der Waals surface area contributed by atoms with E-state index in [1.807, 2.05) is 13.8 Å². The summed E-state index contributed by atoms with van der Waals surface area (Å²) < 4.78 is 4.83. The van der Waals surface area contributed by atoms with E-state index in [0.717, 1.165) is 13.2 Å². The van der Waals surface area contributed by atoms with Crippen molar-refractivity contribution >= 4 is 0 Å². The smallest absolute Gasteiger partial charge is 0.382 e. The van der Waals surface area contributed by atoms with Gasteiger partial charge in [-0.05, 0) is 13.8 Å². The predicted octanol–water partition coefficient (Wildman–Crippen LogP) is 0.325. The second-order valence-corrected chi connectivity index (χ2v) is 1.45. The van der Waals surface area contributed by atoms with Gasteiger partial charge in [0.05, 0.1) is 15.3 Å². The summed E-state index contributed by atoms with van der Waals surface area (Å²) in [4.78, 5) is 24.8. The van der Waals surface area contributed by atoms with Crippen LogP contribution in [0.25, 0.3) is 0 Å². The van der Waals surface area contributed by atoms with Crippen molar-refractivity contribution in [3.05, 3.63) is 46.0 Å². The van der Waals surface area contributed by atoms with Crippen molar-refractivity contribution in [2.45, 2.75) is 13.8 Å². The SMILES string of the molecule is CCOCC.O=[N+]([O-])[O-].O=[N+]([O-])[O-].O=[N+]([O-])[O-].[Dy+3]. The van der Waals surface area contributed by atoms with Gasteiger partial charge in [0.15, 0.2) is 0 Å². The largest absolute Gasteiger partial charge is 3.00 e. The third-order valence-corrected chi connectivity index (χ3v) is 0.408. The Balaban J connectivity index is -0.0000000412. The molecule has 0 aromatic rings. The molecule has 0 aliphatic carbocycles. The zero-order valence-electron chi connectivity index (χ0n) is 9.15. The van der Waals surface area contributed by atoms with Crippen LogP contribution in [0.15, 0.2) is 0 Å². The first-order valence-corrected chi connectivity index (χ1v) is 3.63. The van der Waals surface area contributed by atoms with Crippen LogP contribution in [-0.2, 0) is 4.74 Å². The molecule has 1 radical (unpaired) electrons. The molecule has 0 aliphatic heterocycles. The summed E-state index contributed by atoms with van der Waals surface area (Å²) in [6.07, 6.45) is 0. The van der Waals surface area contributed by atoms with Gasteiger partial charge >= 0.3 is 38.2 Å². The van der Waals surface area contributed by atoms with E-state index in [9.17, 15) is 0 Å². The van der Waals surface area contributed by atoms with Crippen LogP contribution in [0.4, 0.5) is 0 Å². The molecule has 0 atom stereocenters. The molecular weight excluding hydrogens is 413 g/mol. The van der Waals surface area contributed by atoms with Gasteiger partial charge in [-0.1, -0.05) is 0 Å². The van der Waals surface area contributed by atoms with E-state index in [1.54, 1.807) is 0 Å². The van der Waals surface area contributed by atoms with Crippen LogP contribution in [0, 0.1) is 84.1 Å². The second kappa shape index (κ2) is 29.7. The molecule has 0 unspecified atom stereocenters. The Morgan fingerprint density at radius 3 is 0.833 bits per heavy atom. The van der Waals surface area contributed by atoms with Gasteiger partial charge < -0.3 is 50.7 Å². The quantitative estimate of drug-likeness (QED) is 0.439. The summed E-state index contributed by atoms with van der Waals surface area (Å²) >= 11 is 0. The maximum atomic E-state index is 8.25. The van der Waals surface area contributed by atoms with E-state index < -0.39 is 15.3 Å². The normalized spacial score (nSPS) is 6.33. The molecule has 0 amide bonds. The summed E-state index contributed by atoms with van der Waals surface area (Å²) in [5.74, 6) is 0. The van der Waals surface area contributed by atoms with E-state index in [-0.39, 0.29) is 38.2 Å². The summed E-state index contributed by atoms with van der Waals surface area (Å²) in [6.45, 7) is 5.67. The number of hydrogen-bond donors (Lipinski definition) is 0. The van der Waals surface area contributed by atoms with Gasteiger partial charge in [-0.15, -0.1) is 0 Å². The topological polar surface area (TPSA) is 208 Å². The van der Waals surface area contributed by atoms with Crippen LogP contribution < -0.4 is 0 Å². The van der Waals surface area contributed by atoms with Crippen molar-refractivity contribution in [3.63, 3.8) is 0 Å². The Hall–Kier alpha value is -1.17. The number of hydrogen-bond acceptors (Lipinski definition) is 10. The fraction of sp³-hybridized carbons (Fsp3) is 1.00. The first-order valence-electron chi connectivity index (χ1n) is 3.63. The predicted molar refractivity (Wildman–Crippen MR) is 53.3 cm³/mol. The molecule has 0 aliphatic rings. The van der Waals surface area contributed by atoms with Crippen LogP contribution in [0.1, 0.15) is 13.8 Å². The third kappa shape index (κ3) is 4090. The first-order chi connectivity index (χ1) is 7.61. The van der Waals surface area contributed by atoms with E-state index in [2.05, 4.69) is 0 Å². The Bertz CT molecular complexity index is 159. The van der Waals surface area contributed by atoms with Gasteiger partial charge in [0.1, 0.15) is 0 Å². The Morgan fingerprint density at radius 2 is 0.833 bits per heavy atom. The van der Waals surface area contributed by atoms with Crippen molar-refractivity contribution in [2.75, 3.05) is 13.2 Å². The average Bonchev–Trinajstić information content (AvgIpc) is 2.01. The molecule has 0 rings (SSSR count). The number of ether oxygens (including phenoxy) is 1. The van der Waals surface area contributed by atoms with Crippen molar-refractivity contribution in [2.24, 2.45) is 0 Å². The van der Waals surface area contributed by atoms with Gasteiger partial charge in [-0.25, -0.2) is 0 Å². The molecular formula is C4H10DyN3O10. The summed E-state index contributed by atoms with van der Waals surface area (Å²) in [5.41, 5.74) is 0. The molecule has 0 bridgehead atoms. The van der Waals surface area contributed by atoms with Crippen LogP contribution in [0.5, 0.6) is 0 Å². The standard InChI is InChI=1S/C4H10O.Dy.3NO3/c1-3-5-4-2;;3*2-1(3)4/h3-4H2,1-2H3;;;;/q;+3;3*-1. The maximum absolute atomic E-state index is 8.25. The van der Waals surface area contributed by atoms with Crippen molar-refractivity contribution in [3.8, 4) is 0 Å². The molecule has 0 fully saturated rings. The fourth-order valence-corrected chi connectivity index (χ4v) is 0.204. The van der Waals surface area contributed by atoms with Crippen LogP contribution >= 0.6 is 0 Å². The van der Waals surface area contributed by atoms with Crippen molar-refractivity contribution in [1.29, 1.82) is 0 Å². The molecule has 0 heterocycles. The van der Waals surface area contributed by atoms with Crippen LogP contribution in [0.3, 0.4) is 0 Å². The summed E-state index contributed by atoms with van der Waals surface area (Å²) in [5, 5.41) is 44.2. The van der Waals surface area contributed by atoms with Crippen LogP contribution in [0.2, 0.25) is 0 Å². The molecule has 13 nitrogen and oxygen atoms in total. The van der Waals surface area contributed by atoms with Gasteiger partial charge in [0.2, 0.25) is 0 Å². The van der Waals surface area contributed by atoms with E-state index in [4.69, 9.17) is 50.7 Å². The minimum absolute atomic E-state index is 0. The second-order valence-electron chi connectivity index (χ2n) is 1.45. The molecule has 0 aromatic heterocycles. The Morgan fingerprint density at radius 1 is 0.722 bits per heavy atom. The van der Waals surface area contributed by atoms with Gasteiger partial charge in [-0.2, -0.15) is 0 Å². The minimum atomic E-state index is -1.75. The summed E-state index contributed by atoms with van der Waals surface area (Å²) in [7, 11) is 0. The molecule has 14 heteroatoms. The van der Waals surface area contributed by atoms with Crippen molar-refractivity contribution in [1.82, 2.24) is 0 Å². The molecule has 0 N–H and O–H groups in total. The van der Waals surface area contributed by atoms with E-state index in [0.29, 0.717) is 0 Å². The third-order valence-electron chi connectivity index (χ3n) is 0.408. The van der Waals surface area contributed by atoms with Crippen molar-refractivity contribution < 1.29 is 58.2 Å². The Kier molecular flexibility index (Phi) is 49.7. The van der Waals surface area contributed by atoms with Crippen LogP contribution in [-0.4, -0.2) is 28.5 Å². The fourth-order valence-electron chi connectivity index (χ4n) is 0.204. The summed E-state index contributed by atoms with van der Waals surface area (Å²) in [6, 6.07) is 0. The number of rotatable bonds is 2. The van der Waals surface area contributed by atoms with Gasteiger partial charge in [-0.3, -0.25) is 0 Å². The van der Waals surface area contributed by atoms with Gasteiger partial charge in [0, 0.05) is 13.2 Å². The van der Waals surface area contributed by atoms with E-state index >= 15 is 0 Å². The van der Waals surface area contributed by atoms with Gasteiger partial charge in [0.25, 0.3) is 0 Å². The molecule has 0 saturated carbocycles. The maximum Gasteiger partial charge on any atom is 3.00 e. The molecule has 0 aromatic carbocycles. The zero-order chi connectivity index (χ0) is 14.9. The monoisotopic (exact) mass is 424 g/mol.